The third kappa shape index (κ3) is 3.00. The van der Waals surface area contributed by atoms with Crippen LogP contribution >= 0.6 is 12.4 Å². The molecular weight excluding hydrogens is 316 g/mol. The summed E-state index contributed by atoms with van der Waals surface area (Å²) in [5.74, 6) is 2.03. The van der Waals surface area contributed by atoms with Gasteiger partial charge in [0.2, 0.25) is 5.91 Å². The minimum Gasteiger partial charge on any atom is -0.497 e. The molecule has 1 atom stereocenters. The number of likely N-dealkylation sites (N-methyl/N-ethyl adjacent to an activating group) is 1. The Bertz CT molecular complexity index is 551. The van der Waals surface area contributed by atoms with Gasteiger partial charge in [-0.05, 0) is 43.6 Å². The van der Waals surface area contributed by atoms with Crippen molar-refractivity contribution in [2.45, 2.75) is 18.8 Å². The lowest BCUT2D eigenvalue weighted by Gasteiger charge is -2.36. The molecule has 2 heterocycles. The zero-order valence-corrected chi connectivity index (χ0v) is 14.7. The van der Waals surface area contributed by atoms with Gasteiger partial charge in [0.15, 0.2) is 0 Å². The van der Waals surface area contributed by atoms with Crippen LogP contribution in [-0.4, -0.2) is 51.7 Å². The van der Waals surface area contributed by atoms with Crippen molar-refractivity contribution in [3.05, 3.63) is 23.8 Å². The summed E-state index contributed by atoms with van der Waals surface area (Å²) in [6.45, 7) is 2.56. The zero-order chi connectivity index (χ0) is 15.7. The van der Waals surface area contributed by atoms with Gasteiger partial charge in [-0.1, -0.05) is 0 Å². The van der Waals surface area contributed by atoms with Gasteiger partial charge in [0.25, 0.3) is 0 Å². The lowest BCUT2D eigenvalue weighted by atomic mass is 9.68. The molecule has 0 saturated carbocycles. The standard InChI is InChI=1S/C17H24N2O3.ClH/c1-19-11-15(17(16(19)20)4-6-18-7-5-17)12-8-13(21-2)10-14(9-12)22-3;/h8-10,15,18H,4-7,11H2,1-3H3;1H. The number of piperidine rings is 1. The van der Waals surface area contributed by atoms with Crippen LogP contribution in [0.15, 0.2) is 18.2 Å². The predicted octanol–water partition coefficient (Wildman–Crippen LogP) is 2.05. The topological polar surface area (TPSA) is 50.8 Å². The minimum atomic E-state index is -0.280. The number of rotatable bonds is 3. The summed E-state index contributed by atoms with van der Waals surface area (Å²) >= 11 is 0. The van der Waals surface area contributed by atoms with Gasteiger partial charge in [0, 0.05) is 25.6 Å². The van der Waals surface area contributed by atoms with Crippen LogP contribution in [0.25, 0.3) is 0 Å². The number of carbonyl (C=O) groups is 1. The monoisotopic (exact) mass is 340 g/mol. The van der Waals surface area contributed by atoms with E-state index in [1.165, 1.54) is 0 Å². The first-order valence-corrected chi connectivity index (χ1v) is 7.80. The molecule has 2 aliphatic rings. The van der Waals surface area contributed by atoms with Crippen molar-refractivity contribution in [1.82, 2.24) is 10.2 Å². The smallest absolute Gasteiger partial charge is 0.229 e. The maximum atomic E-state index is 12.8. The molecule has 1 aromatic rings. The van der Waals surface area contributed by atoms with E-state index in [-0.39, 0.29) is 29.6 Å². The molecule has 0 aliphatic carbocycles. The molecule has 128 valence electrons. The Kier molecular flexibility index (Phi) is 5.42. The minimum absolute atomic E-state index is 0. The van der Waals surface area contributed by atoms with Gasteiger partial charge in [-0.15, -0.1) is 12.4 Å². The fourth-order valence-corrected chi connectivity index (χ4v) is 3.95. The number of ether oxygens (including phenoxy) is 2. The molecule has 2 aliphatic heterocycles. The molecule has 1 amide bonds. The van der Waals surface area contributed by atoms with Crippen LogP contribution in [0, 0.1) is 5.41 Å². The van der Waals surface area contributed by atoms with E-state index in [1.807, 2.05) is 30.1 Å². The Balaban J connectivity index is 0.00000192. The van der Waals surface area contributed by atoms with E-state index in [0.29, 0.717) is 0 Å². The second-order valence-electron chi connectivity index (χ2n) is 6.29. The molecule has 3 rings (SSSR count). The largest absolute Gasteiger partial charge is 0.497 e. The van der Waals surface area contributed by atoms with Crippen molar-refractivity contribution in [2.75, 3.05) is 40.9 Å². The molecule has 2 saturated heterocycles. The molecule has 5 nitrogen and oxygen atoms in total. The van der Waals surface area contributed by atoms with Crippen molar-refractivity contribution in [3.63, 3.8) is 0 Å². The Morgan fingerprint density at radius 2 is 1.70 bits per heavy atom. The quantitative estimate of drug-likeness (QED) is 0.915. The van der Waals surface area contributed by atoms with E-state index >= 15 is 0 Å². The SMILES string of the molecule is COc1cc(OC)cc(C2CN(C)C(=O)C23CCNCC3)c1.Cl. The number of hydrogen-bond acceptors (Lipinski definition) is 4. The van der Waals surface area contributed by atoms with Crippen LogP contribution in [0.3, 0.4) is 0 Å². The molecule has 0 radical (unpaired) electrons. The van der Waals surface area contributed by atoms with E-state index in [1.54, 1.807) is 14.2 Å². The number of methoxy groups -OCH3 is 2. The molecule has 0 aromatic heterocycles. The van der Waals surface area contributed by atoms with Crippen molar-refractivity contribution >= 4 is 18.3 Å². The van der Waals surface area contributed by atoms with Crippen molar-refractivity contribution in [3.8, 4) is 11.5 Å². The molecule has 1 spiro atoms. The summed E-state index contributed by atoms with van der Waals surface area (Å²) in [5.41, 5.74) is 0.855. The Hall–Kier alpha value is -1.46. The normalized spacial score (nSPS) is 22.8. The summed E-state index contributed by atoms with van der Waals surface area (Å²) in [6, 6.07) is 5.96. The van der Waals surface area contributed by atoms with Crippen LogP contribution in [-0.2, 0) is 4.79 Å². The number of amides is 1. The van der Waals surface area contributed by atoms with Crippen LogP contribution in [0.4, 0.5) is 0 Å². The number of likely N-dealkylation sites (tertiary alicyclic amines) is 1. The van der Waals surface area contributed by atoms with Crippen molar-refractivity contribution < 1.29 is 14.3 Å². The lowest BCUT2D eigenvalue weighted by molar-refractivity contribution is -0.136. The highest BCUT2D eigenvalue weighted by molar-refractivity contribution is 5.86. The Morgan fingerprint density at radius 3 is 2.22 bits per heavy atom. The molecule has 1 aromatic carbocycles. The van der Waals surface area contributed by atoms with E-state index in [0.717, 1.165) is 49.5 Å². The predicted molar refractivity (Wildman–Crippen MR) is 91.7 cm³/mol. The summed E-state index contributed by atoms with van der Waals surface area (Å²) in [5, 5.41) is 3.37. The summed E-state index contributed by atoms with van der Waals surface area (Å²) in [7, 11) is 5.22. The second kappa shape index (κ2) is 6.97. The Labute approximate surface area is 143 Å². The molecule has 23 heavy (non-hydrogen) atoms. The molecule has 6 heteroatoms. The number of carbonyl (C=O) groups excluding carboxylic acids is 1. The average molecular weight is 341 g/mol. The van der Waals surface area contributed by atoms with E-state index < -0.39 is 0 Å². The van der Waals surface area contributed by atoms with Crippen molar-refractivity contribution in [2.24, 2.45) is 5.41 Å². The maximum absolute atomic E-state index is 12.8. The molecule has 2 fully saturated rings. The second-order valence-corrected chi connectivity index (χ2v) is 6.29. The first-order chi connectivity index (χ1) is 10.6. The highest BCUT2D eigenvalue weighted by atomic mass is 35.5. The summed E-state index contributed by atoms with van der Waals surface area (Å²) < 4.78 is 10.8. The van der Waals surface area contributed by atoms with Gasteiger partial charge in [-0.3, -0.25) is 4.79 Å². The van der Waals surface area contributed by atoms with E-state index in [2.05, 4.69) is 5.32 Å². The molecule has 1 unspecified atom stereocenters. The first kappa shape index (κ1) is 17.9. The number of nitrogens with zero attached hydrogens (tertiary/aromatic N) is 1. The van der Waals surface area contributed by atoms with E-state index in [9.17, 15) is 4.79 Å². The van der Waals surface area contributed by atoms with Gasteiger partial charge in [0.05, 0.1) is 19.6 Å². The Morgan fingerprint density at radius 1 is 1.13 bits per heavy atom. The highest BCUT2D eigenvalue weighted by Gasteiger charge is 2.53. The summed E-state index contributed by atoms with van der Waals surface area (Å²) in [6.07, 6.45) is 1.78. The summed E-state index contributed by atoms with van der Waals surface area (Å²) in [4.78, 5) is 14.7. The van der Waals surface area contributed by atoms with Gasteiger partial charge < -0.3 is 19.7 Å². The third-order valence-electron chi connectivity index (χ3n) is 5.17. The zero-order valence-electron chi connectivity index (χ0n) is 13.9. The molecular formula is C17H25ClN2O3. The maximum Gasteiger partial charge on any atom is 0.229 e. The number of hydrogen-bond donors (Lipinski definition) is 1. The van der Waals surface area contributed by atoms with Gasteiger partial charge in [-0.2, -0.15) is 0 Å². The molecule has 0 bridgehead atoms. The van der Waals surface area contributed by atoms with Crippen molar-refractivity contribution in [1.29, 1.82) is 0 Å². The molecule has 1 N–H and O–H groups in total. The van der Waals surface area contributed by atoms with Gasteiger partial charge >= 0.3 is 0 Å². The lowest BCUT2D eigenvalue weighted by Crippen LogP contribution is -2.44. The van der Waals surface area contributed by atoms with E-state index in [4.69, 9.17) is 9.47 Å². The van der Waals surface area contributed by atoms with Crippen LogP contribution in [0.5, 0.6) is 11.5 Å². The fourth-order valence-electron chi connectivity index (χ4n) is 3.95. The van der Waals surface area contributed by atoms with Crippen LogP contribution < -0.4 is 14.8 Å². The fraction of sp³-hybridized carbons (Fsp3) is 0.588. The number of benzene rings is 1. The van der Waals surface area contributed by atoms with Crippen LogP contribution in [0.2, 0.25) is 0 Å². The number of nitrogens with one attached hydrogen (secondary N) is 1. The first-order valence-electron chi connectivity index (χ1n) is 7.80. The average Bonchev–Trinajstić information content (AvgIpc) is 2.80. The number of halogens is 1. The van der Waals surface area contributed by atoms with Gasteiger partial charge in [-0.25, -0.2) is 0 Å². The highest BCUT2D eigenvalue weighted by Crippen LogP contribution is 2.50. The third-order valence-corrected chi connectivity index (χ3v) is 5.17. The van der Waals surface area contributed by atoms with Crippen LogP contribution in [0.1, 0.15) is 24.3 Å². The van der Waals surface area contributed by atoms with Gasteiger partial charge in [0.1, 0.15) is 11.5 Å².